The molecule has 0 fully saturated rings. The minimum atomic E-state index is -0.0149. The van der Waals surface area contributed by atoms with Gasteiger partial charge in [-0.15, -0.1) is 41.9 Å². The van der Waals surface area contributed by atoms with Crippen LogP contribution in [0, 0.1) is 0 Å². The van der Waals surface area contributed by atoms with E-state index in [-0.39, 0.29) is 64.2 Å². The van der Waals surface area contributed by atoms with Crippen LogP contribution in [0.1, 0.15) is 169 Å². The zero-order valence-corrected chi connectivity index (χ0v) is 61.5. The maximum atomic E-state index is 5.76. The van der Waals surface area contributed by atoms with Crippen LogP contribution in [0.3, 0.4) is 0 Å². The highest BCUT2D eigenvalue weighted by molar-refractivity contribution is 7.18. The molecule has 0 amide bonds. The zero-order valence-electron chi connectivity index (χ0n) is 60.7. The van der Waals surface area contributed by atoms with Crippen molar-refractivity contribution in [1.29, 1.82) is 0 Å². The molecule has 0 atom stereocenters. The summed E-state index contributed by atoms with van der Waals surface area (Å²) in [6, 6.07) is 92.4. The normalized spacial score (nSPS) is 11.2. The van der Waals surface area contributed by atoms with Crippen LogP contribution in [-0.4, -0.2) is 49.7 Å². The number of benzene rings is 10. The molecule has 0 aliphatic heterocycles. The van der Waals surface area contributed by atoms with Crippen molar-refractivity contribution in [3.05, 3.63) is 301 Å². The molecule has 0 saturated heterocycles. The highest BCUT2D eigenvalue weighted by atomic mass is 32.1. The molecule has 12 nitrogen and oxygen atoms in total. The average molecular weight is 1430 g/mol. The van der Waals surface area contributed by atoms with Crippen molar-refractivity contribution >= 4 is 32.7 Å². The molecule has 0 aliphatic rings. The summed E-state index contributed by atoms with van der Waals surface area (Å²) in [5.74, 6) is 5.28. The molecule has 0 radical (unpaired) electrons. The van der Waals surface area contributed by atoms with Crippen molar-refractivity contribution in [2.75, 3.05) is 0 Å². The van der Waals surface area contributed by atoms with Crippen molar-refractivity contribution in [2.45, 2.75) is 168 Å². The van der Waals surface area contributed by atoms with Crippen molar-refractivity contribution < 1.29 is 8.83 Å². The Hall–Kier alpha value is -11.0. The van der Waals surface area contributed by atoms with Crippen LogP contribution in [-0.2, 0) is 27.1 Å². The zero-order chi connectivity index (χ0) is 71.5. The summed E-state index contributed by atoms with van der Waals surface area (Å²) in [6.07, 6.45) is 0. The second-order valence-electron chi connectivity index (χ2n) is 30.0. The van der Waals surface area contributed by atoms with Crippen molar-refractivity contribution in [3.63, 3.8) is 0 Å². The molecule has 106 heavy (non-hydrogen) atoms. The Morgan fingerprint density at radius 2 is 0.575 bits per heavy atom. The summed E-state index contributed by atoms with van der Waals surface area (Å²) >= 11 is 1.79. The van der Waals surface area contributed by atoms with Crippen molar-refractivity contribution in [1.82, 2.24) is 49.7 Å². The summed E-state index contributed by atoms with van der Waals surface area (Å²) < 4.78 is 16.9. The number of rotatable bonds is 8. The topological polar surface area (TPSA) is 139 Å². The second-order valence-corrected chi connectivity index (χ2v) is 31.0. The van der Waals surface area contributed by atoms with E-state index in [1.165, 1.54) is 26.4 Å². The van der Waals surface area contributed by atoms with Gasteiger partial charge in [-0.1, -0.05) is 341 Å². The molecule has 0 N–H and O–H groups in total. The Bertz CT molecular complexity index is 4880. The molecular weight excluding hydrogens is 1320 g/mol. The Labute approximate surface area is 635 Å². The van der Waals surface area contributed by atoms with Crippen molar-refractivity contribution in [2.24, 2.45) is 0 Å². The highest BCUT2D eigenvalue weighted by Crippen LogP contribution is 2.35. The molecule has 15 rings (SSSR count). The van der Waals surface area contributed by atoms with Crippen LogP contribution in [0.2, 0.25) is 0 Å². The van der Waals surface area contributed by atoms with E-state index in [0.29, 0.717) is 11.8 Å². The van der Waals surface area contributed by atoms with E-state index >= 15 is 0 Å². The smallest absolute Gasteiger partial charge is 0.248 e. The number of nitrogens with zero attached hydrogens (tertiary/aromatic N) is 10. The number of thiazole rings is 1. The van der Waals surface area contributed by atoms with Crippen LogP contribution < -0.4 is 0 Å². The number of aromatic nitrogens is 10. The Morgan fingerprint density at radius 3 is 0.943 bits per heavy atom. The van der Waals surface area contributed by atoms with E-state index in [9.17, 15) is 0 Å². The number of para-hydroxylation sites is 4. The summed E-state index contributed by atoms with van der Waals surface area (Å²) in [4.78, 5) is 9.02. The molecule has 5 aromatic heterocycles. The van der Waals surface area contributed by atoms with Gasteiger partial charge in [0, 0.05) is 55.6 Å². The van der Waals surface area contributed by atoms with Gasteiger partial charge in [-0.25, -0.2) is 9.97 Å². The molecular formula is C93H110N10O2S. The third kappa shape index (κ3) is 20.9. The van der Waals surface area contributed by atoms with Gasteiger partial charge in [-0.2, -0.15) is 0 Å². The fourth-order valence-corrected chi connectivity index (χ4v) is 11.9. The van der Waals surface area contributed by atoms with Gasteiger partial charge in [-0.3, -0.25) is 9.13 Å². The first-order valence-corrected chi connectivity index (χ1v) is 35.1. The van der Waals surface area contributed by atoms with Crippen LogP contribution in [0.25, 0.3) is 101 Å². The quantitative estimate of drug-likeness (QED) is 0.144. The maximum Gasteiger partial charge on any atom is 0.248 e. The van der Waals surface area contributed by atoms with E-state index < -0.39 is 0 Å². The molecule has 0 saturated carbocycles. The van der Waals surface area contributed by atoms with E-state index in [1.54, 1.807) is 11.3 Å². The predicted molar refractivity (Wildman–Crippen MR) is 450 cm³/mol. The number of oxazole rings is 1. The van der Waals surface area contributed by atoms with E-state index in [0.717, 1.165) is 90.6 Å². The third-order valence-electron chi connectivity index (χ3n) is 16.8. The van der Waals surface area contributed by atoms with Crippen LogP contribution in [0.15, 0.2) is 282 Å². The standard InChI is InChI=1S/2C24H23N3.C18H18N2O.C11H13NO.C11H13NS.5CH4/c1-24(2,3)20-16-14-19(15-17-20)23-26-25-22(18-10-6-4-7-11-18)27(23)21-12-8-5-9-13-21;1-24(2,3)20-14-16-21(17-15-20)27-22(18-10-6-4-7-11-18)25-26-23(27)19-12-8-5-9-13-19;1-18(2,3)15-11-9-14(10-12-15)17-20-19-16(21-17)13-7-5-4-6-8-13;2*1-11(2,3)10-12-8-6-4-5-7-9(8)13-10;;;;;/h2*4-17H,1-3H3;4-12H,1-3H3;2*4-7H,1-3H3;5*1H4. The summed E-state index contributed by atoms with van der Waals surface area (Å²) in [5, 5.41) is 27.6. The number of hydrogen-bond donors (Lipinski definition) is 0. The van der Waals surface area contributed by atoms with Crippen LogP contribution >= 0.6 is 11.3 Å². The molecule has 550 valence electrons. The molecule has 10 aromatic carbocycles. The molecule has 0 unspecified atom stereocenters. The third-order valence-corrected chi connectivity index (χ3v) is 18.2. The number of hydrogen-bond acceptors (Lipinski definition) is 11. The molecule has 13 heteroatoms. The first-order valence-electron chi connectivity index (χ1n) is 34.3. The summed E-state index contributed by atoms with van der Waals surface area (Å²) in [5.41, 5.74) is 15.6. The lowest BCUT2D eigenvalue weighted by molar-refractivity contribution is 0.411. The Morgan fingerprint density at radius 1 is 0.264 bits per heavy atom. The fourth-order valence-electron chi connectivity index (χ4n) is 10.9. The molecule has 0 aliphatic carbocycles. The fraction of sp³-hybridized carbons (Fsp3) is 0.269. The average Bonchev–Trinajstić information content (AvgIpc) is 1.60. The van der Waals surface area contributed by atoms with Gasteiger partial charge in [0.1, 0.15) is 5.52 Å². The van der Waals surface area contributed by atoms with Crippen LogP contribution in [0.4, 0.5) is 0 Å². The first-order chi connectivity index (χ1) is 48.3. The summed E-state index contributed by atoms with van der Waals surface area (Å²) in [6.45, 7) is 32.8. The number of fused-ring (bicyclic) bond motifs is 2. The van der Waals surface area contributed by atoms with E-state index in [2.05, 4.69) is 281 Å². The summed E-state index contributed by atoms with van der Waals surface area (Å²) in [7, 11) is 0. The van der Waals surface area contributed by atoms with Crippen LogP contribution in [0.5, 0.6) is 0 Å². The van der Waals surface area contributed by atoms with Gasteiger partial charge in [0.2, 0.25) is 17.7 Å². The van der Waals surface area contributed by atoms with Gasteiger partial charge in [0.25, 0.3) is 0 Å². The SMILES string of the molecule is C.C.C.C.C.CC(C)(C)c1ccc(-c2nnc(-c3ccccc3)n2-c2ccccc2)cc1.CC(C)(C)c1ccc(-c2nnc(-c3ccccc3)o2)cc1.CC(C)(C)c1ccc(-n2c(-c3ccccc3)nnc2-c2ccccc2)cc1.CC(C)(C)c1nc2ccccc2o1.CC(C)(C)c1nc2ccccc2s1. The molecule has 0 spiro atoms. The van der Waals surface area contributed by atoms with E-state index in [4.69, 9.17) is 8.83 Å². The maximum absolute atomic E-state index is 5.76. The molecule has 5 heterocycles. The largest absolute Gasteiger partial charge is 0.440 e. The van der Waals surface area contributed by atoms with E-state index in [1.807, 2.05) is 146 Å². The minimum absolute atomic E-state index is 0. The van der Waals surface area contributed by atoms with Gasteiger partial charge in [-0.05, 0) is 106 Å². The lowest BCUT2D eigenvalue weighted by Gasteiger charge is -2.20. The first kappa shape index (κ1) is 83.9. The predicted octanol–water partition coefficient (Wildman–Crippen LogP) is 26.4. The van der Waals surface area contributed by atoms with Crippen molar-refractivity contribution in [3.8, 4) is 79.8 Å². The van der Waals surface area contributed by atoms with Gasteiger partial charge >= 0.3 is 0 Å². The highest BCUT2D eigenvalue weighted by Gasteiger charge is 2.24. The van der Waals surface area contributed by atoms with Gasteiger partial charge in [0.05, 0.1) is 15.2 Å². The Balaban J connectivity index is 0.000000211. The molecule has 0 bridgehead atoms. The monoisotopic (exact) mass is 1430 g/mol. The Kier molecular flexibility index (Phi) is 28.6. The molecule has 15 aromatic rings. The lowest BCUT2D eigenvalue weighted by Crippen LogP contribution is -2.11. The second kappa shape index (κ2) is 36.1. The minimum Gasteiger partial charge on any atom is -0.440 e. The van der Waals surface area contributed by atoms with Gasteiger partial charge < -0.3 is 8.83 Å². The lowest BCUT2D eigenvalue weighted by atomic mass is 9.86. The van der Waals surface area contributed by atoms with Gasteiger partial charge in [0.15, 0.2) is 28.9 Å².